The molecule has 0 saturated heterocycles. The number of nitro groups is 1. The Labute approximate surface area is 155 Å². The molecule has 0 aliphatic carbocycles. The third-order valence-electron chi connectivity index (χ3n) is 3.88. The molecule has 0 aliphatic heterocycles. The molecule has 2 N–H and O–H groups in total. The Morgan fingerprint density at radius 2 is 1.74 bits per heavy atom. The number of hydrogen-bond acceptors (Lipinski definition) is 5. The van der Waals surface area contributed by atoms with E-state index in [1.54, 1.807) is 32.3 Å². The van der Waals surface area contributed by atoms with Crippen molar-refractivity contribution in [1.29, 1.82) is 0 Å². The smallest absolute Gasteiger partial charge is 0.292 e. The molecular formula is C18H20F2N4O3. The first-order valence-electron chi connectivity index (χ1n) is 8.18. The summed E-state index contributed by atoms with van der Waals surface area (Å²) in [6.07, 6.45) is 0. The maximum atomic E-state index is 14.0. The van der Waals surface area contributed by atoms with E-state index in [4.69, 9.17) is 0 Å². The van der Waals surface area contributed by atoms with Crippen LogP contribution in [0.25, 0.3) is 0 Å². The molecular weight excluding hydrogens is 358 g/mol. The Bertz CT molecular complexity index is 810. The van der Waals surface area contributed by atoms with Crippen molar-refractivity contribution in [2.75, 3.05) is 32.5 Å². The zero-order valence-electron chi connectivity index (χ0n) is 14.9. The summed E-state index contributed by atoms with van der Waals surface area (Å²) in [5.74, 6) is -2.18. The molecule has 9 heteroatoms. The number of rotatable bonds is 8. The fourth-order valence-electron chi connectivity index (χ4n) is 2.66. The van der Waals surface area contributed by atoms with Crippen LogP contribution < -0.4 is 10.6 Å². The Hall–Kier alpha value is -3.07. The van der Waals surface area contributed by atoms with E-state index in [0.29, 0.717) is 5.69 Å². The van der Waals surface area contributed by atoms with Crippen LogP contribution in [0.5, 0.6) is 0 Å². The van der Waals surface area contributed by atoms with Crippen LogP contribution in [0.15, 0.2) is 42.5 Å². The fraction of sp³-hybridized carbons (Fsp3) is 0.278. The summed E-state index contributed by atoms with van der Waals surface area (Å²) < 4.78 is 28.1. The number of halogens is 2. The lowest BCUT2D eigenvalue weighted by Crippen LogP contribution is -2.39. The third kappa shape index (κ3) is 4.98. The predicted octanol–water partition coefficient (Wildman–Crippen LogP) is 2.70. The SMILES string of the molecule is CN(C)[C@H](C(=O)NCCNc1ccccc1[N+](=O)[O-])c1c(F)cccc1F. The molecule has 7 nitrogen and oxygen atoms in total. The van der Waals surface area contributed by atoms with Gasteiger partial charge in [0.25, 0.3) is 5.69 Å². The molecule has 144 valence electrons. The largest absolute Gasteiger partial charge is 0.378 e. The van der Waals surface area contributed by atoms with Gasteiger partial charge in [0.15, 0.2) is 0 Å². The van der Waals surface area contributed by atoms with Crippen LogP contribution in [-0.4, -0.2) is 42.9 Å². The highest BCUT2D eigenvalue weighted by Gasteiger charge is 2.28. The number of hydrogen-bond donors (Lipinski definition) is 2. The highest BCUT2D eigenvalue weighted by Crippen LogP contribution is 2.25. The Morgan fingerprint density at radius 1 is 1.11 bits per heavy atom. The minimum absolute atomic E-state index is 0.0802. The zero-order valence-corrected chi connectivity index (χ0v) is 14.9. The maximum absolute atomic E-state index is 14.0. The second-order valence-corrected chi connectivity index (χ2v) is 5.99. The number of anilines is 1. The van der Waals surface area contributed by atoms with Crippen molar-refractivity contribution in [1.82, 2.24) is 10.2 Å². The maximum Gasteiger partial charge on any atom is 0.292 e. The first kappa shape index (κ1) is 20.2. The summed E-state index contributed by atoms with van der Waals surface area (Å²) in [4.78, 5) is 24.3. The molecule has 1 atom stereocenters. The van der Waals surface area contributed by atoms with Crippen LogP contribution in [0, 0.1) is 21.7 Å². The Morgan fingerprint density at radius 3 is 2.33 bits per heavy atom. The van der Waals surface area contributed by atoms with Crippen LogP contribution in [0.4, 0.5) is 20.2 Å². The van der Waals surface area contributed by atoms with Crippen molar-refractivity contribution in [3.63, 3.8) is 0 Å². The van der Waals surface area contributed by atoms with Crippen molar-refractivity contribution < 1.29 is 18.5 Å². The lowest BCUT2D eigenvalue weighted by Gasteiger charge is -2.24. The quantitative estimate of drug-likeness (QED) is 0.419. The second kappa shape index (κ2) is 9.04. The summed E-state index contributed by atoms with van der Waals surface area (Å²) in [5, 5.41) is 16.4. The van der Waals surface area contributed by atoms with Gasteiger partial charge in [0.05, 0.1) is 10.5 Å². The monoisotopic (exact) mass is 378 g/mol. The number of carbonyl (C=O) groups excluding carboxylic acids is 1. The standard InChI is InChI=1S/C18H20F2N4O3/c1-23(2)17(16-12(19)6-5-7-13(16)20)18(25)22-11-10-21-14-8-3-4-9-15(14)24(26)27/h3-9,17,21H,10-11H2,1-2H3,(H,22,25)/t17-/m0/s1. The van der Waals surface area contributed by atoms with Gasteiger partial charge in [-0.1, -0.05) is 18.2 Å². The number of para-hydroxylation sites is 2. The van der Waals surface area contributed by atoms with Crippen LogP contribution >= 0.6 is 0 Å². The second-order valence-electron chi connectivity index (χ2n) is 5.99. The van der Waals surface area contributed by atoms with Crippen molar-refractivity contribution >= 4 is 17.3 Å². The van der Waals surface area contributed by atoms with Crippen LogP contribution in [0.3, 0.4) is 0 Å². The van der Waals surface area contributed by atoms with Gasteiger partial charge in [-0.3, -0.25) is 19.8 Å². The van der Waals surface area contributed by atoms with E-state index in [2.05, 4.69) is 10.6 Å². The summed E-state index contributed by atoms with van der Waals surface area (Å²) in [6, 6.07) is 8.40. The van der Waals surface area contributed by atoms with Gasteiger partial charge >= 0.3 is 0 Å². The fourth-order valence-corrected chi connectivity index (χ4v) is 2.66. The van der Waals surface area contributed by atoms with Gasteiger partial charge in [-0.25, -0.2) is 8.78 Å². The Balaban J connectivity index is 2.01. The highest BCUT2D eigenvalue weighted by molar-refractivity contribution is 5.83. The topological polar surface area (TPSA) is 87.5 Å². The van der Waals surface area contributed by atoms with Crippen LogP contribution in [0.1, 0.15) is 11.6 Å². The molecule has 1 amide bonds. The van der Waals surface area contributed by atoms with Crippen molar-refractivity contribution in [3.8, 4) is 0 Å². The molecule has 2 rings (SSSR count). The molecule has 0 radical (unpaired) electrons. The van der Waals surface area contributed by atoms with E-state index in [0.717, 1.165) is 12.1 Å². The van der Waals surface area contributed by atoms with Crippen LogP contribution in [0.2, 0.25) is 0 Å². The van der Waals surface area contributed by atoms with E-state index in [9.17, 15) is 23.7 Å². The lowest BCUT2D eigenvalue weighted by molar-refractivity contribution is -0.384. The van der Waals surface area contributed by atoms with Gasteiger partial charge in [0, 0.05) is 19.2 Å². The molecule has 2 aromatic rings. The summed E-state index contributed by atoms with van der Waals surface area (Å²) in [6.45, 7) is 0.321. The Kier molecular flexibility index (Phi) is 6.78. The van der Waals surface area contributed by atoms with E-state index < -0.39 is 28.5 Å². The van der Waals surface area contributed by atoms with Crippen LogP contribution in [-0.2, 0) is 4.79 Å². The van der Waals surface area contributed by atoms with E-state index >= 15 is 0 Å². The molecule has 0 fully saturated rings. The summed E-state index contributed by atoms with van der Waals surface area (Å²) in [7, 11) is 3.09. The molecule has 0 spiro atoms. The molecule has 0 saturated carbocycles. The average Bonchev–Trinajstić information content (AvgIpc) is 2.61. The molecule has 27 heavy (non-hydrogen) atoms. The molecule has 0 aliphatic rings. The summed E-state index contributed by atoms with van der Waals surface area (Å²) >= 11 is 0. The normalized spacial score (nSPS) is 11.9. The van der Waals surface area contributed by atoms with Crippen molar-refractivity contribution in [2.24, 2.45) is 0 Å². The zero-order chi connectivity index (χ0) is 20.0. The highest BCUT2D eigenvalue weighted by atomic mass is 19.1. The van der Waals surface area contributed by atoms with Gasteiger partial charge in [-0.2, -0.15) is 0 Å². The van der Waals surface area contributed by atoms with E-state index in [-0.39, 0.29) is 24.3 Å². The average molecular weight is 378 g/mol. The number of likely N-dealkylation sites (N-methyl/N-ethyl adjacent to an activating group) is 1. The number of nitrogens with zero attached hydrogens (tertiary/aromatic N) is 2. The van der Waals surface area contributed by atoms with Gasteiger partial charge in [-0.05, 0) is 32.3 Å². The molecule has 0 unspecified atom stereocenters. The van der Waals surface area contributed by atoms with Crippen molar-refractivity contribution in [3.05, 3.63) is 69.8 Å². The number of carbonyl (C=O) groups is 1. The number of benzene rings is 2. The van der Waals surface area contributed by atoms with Gasteiger partial charge in [-0.15, -0.1) is 0 Å². The predicted molar refractivity (Wildman–Crippen MR) is 97.4 cm³/mol. The van der Waals surface area contributed by atoms with Gasteiger partial charge < -0.3 is 10.6 Å². The van der Waals surface area contributed by atoms with E-state index in [1.165, 1.54) is 17.0 Å². The minimum Gasteiger partial charge on any atom is -0.378 e. The van der Waals surface area contributed by atoms with Gasteiger partial charge in [0.1, 0.15) is 23.4 Å². The molecule has 0 aromatic heterocycles. The van der Waals surface area contributed by atoms with Crippen molar-refractivity contribution in [2.45, 2.75) is 6.04 Å². The summed E-state index contributed by atoms with van der Waals surface area (Å²) in [5.41, 5.74) is -0.0869. The first-order valence-corrected chi connectivity index (χ1v) is 8.18. The first-order chi connectivity index (χ1) is 12.8. The molecule has 0 bridgehead atoms. The van der Waals surface area contributed by atoms with Gasteiger partial charge in [0.2, 0.25) is 5.91 Å². The number of nitrogens with one attached hydrogen (secondary N) is 2. The number of amides is 1. The van der Waals surface area contributed by atoms with E-state index in [1.807, 2.05) is 0 Å². The molecule has 0 heterocycles. The lowest BCUT2D eigenvalue weighted by atomic mass is 10.0. The minimum atomic E-state index is -1.14. The number of nitro benzene ring substituents is 1. The molecule has 2 aromatic carbocycles. The third-order valence-corrected chi connectivity index (χ3v) is 3.88.